The Morgan fingerprint density at radius 3 is 3.06 bits per heavy atom. The van der Waals surface area contributed by atoms with Crippen molar-refractivity contribution in [1.82, 2.24) is 10.6 Å². The lowest BCUT2D eigenvalue weighted by molar-refractivity contribution is -0.121. The highest BCUT2D eigenvalue weighted by Crippen LogP contribution is 2.19. The van der Waals surface area contributed by atoms with Gasteiger partial charge in [0.05, 0.1) is 6.04 Å². The molecule has 0 bridgehead atoms. The van der Waals surface area contributed by atoms with Gasteiger partial charge in [0.15, 0.2) is 0 Å². The van der Waals surface area contributed by atoms with Gasteiger partial charge in [-0.1, -0.05) is 6.07 Å². The second-order valence-electron chi connectivity index (χ2n) is 4.28. The average Bonchev–Trinajstić information content (AvgIpc) is 2.91. The van der Waals surface area contributed by atoms with Crippen molar-refractivity contribution in [3.63, 3.8) is 0 Å². The number of amides is 1. The van der Waals surface area contributed by atoms with Gasteiger partial charge in [-0.05, 0) is 31.2 Å². The number of thiophene rings is 1. The number of carbonyl (C=O) groups excluding carboxylic acids is 1. The first-order valence-corrected chi connectivity index (χ1v) is 6.70. The van der Waals surface area contributed by atoms with E-state index in [1.54, 1.807) is 11.3 Å². The summed E-state index contributed by atoms with van der Waals surface area (Å²) >= 11 is 1.68. The minimum Gasteiger partial charge on any atom is -0.349 e. The van der Waals surface area contributed by atoms with E-state index in [1.807, 2.05) is 18.4 Å². The molecule has 4 heteroatoms. The SMILES string of the molecule is C[C@H](NC(=O)CCNC1CC1)c1cccs1. The summed E-state index contributed by atoms with van der Waals surface area (Å²) in [6, 6.07) is 4.88. The highest BCUT2D eigenvalue weighted by molar-refractivity contribution is 7.10. The summed E-state index contributed by atoms with van der Waals surface area (Å²) in [6.45, 7) is 2.83. The molecule has 88 valence electrons. The maximum atomic E-state index is 11.6. The molecule has 1 fully saturated rings. The monoisotopic (exact) mass is 238 g/mol. The highest BCUT2D eigenvalue weighted by atomic mass is 32.1. The van der Waals surface area contributed by atoms with Crippen molar-refractivity contribution < 1.29 is 4.79 Å². The summed E-state index contributed by atoms with van der Waals surface area (Å²) in [5.41, 5.74) is 0. The number of hydrogen-bond donors (Lipinski definition) is 2. The topological polar surface area (TPSA) is 41.1 Å². The van der Waals surface area contributed by atoms with Crippen LogP contribution in [0.4, 0.5) is 0 Å². The second kappa shape index (κ2) is 5.46. The van der Waals surface area contributed by atoms with E-state index in [0.717, 1.165) is 6.54 Å². The third-order valence-electron chi connectivity index (χ3n) is 2.71. The minimum absolute atomic E-state index is 0.133. The Balaban J connectivity index is 1.65. The van der Waals surface area contributed by atoms with Gasteiger partial charge in [-0.3, -0.25) is 4.79 Å². The summed E-state index contributed by atoms with van der Waals surface area (Å²) < 4.78 is 0. The van der Waals surface area contributed by atoms with Crippen LogP contribution in [0.25, 0.3) is 0 Å². The lowest BCUT2D eigenvalue weighted by atomic mass is 10.2. The Labute approximate surface area is 100 Å². The molecule has 1 amide bonds. The Morgan fingerprint density at radius 1 is 1.62 bits per heavy atom. The minimum atomic E-state index is 0.133. The number of hydrogen-bond acceptors (Lipinski definition) is 3. The summed E-state index contributed by atoms with van der Waals surface area (Å²) in [5, 5.41) is 8.38. The zero-order valence-corrected chi connectivity index (χ0v) is 10.3. The highest BCUT2D eigenvalue weighted by Gasteiger charge is 2.20. The van der Waals surface area contributed by atoms with Crippen LogP contribution >= 0.6 is 11.3 Å². The van der Waals surface area contributed by atoms with Crippen molar-refractivity contribution in [2.45, 2.75) is 38.3 Å². The van der Waals surface area contributed by atoms with E-state index in [2.05, 4.69) is 16.7 Å². The molecule has 16 heavy (non-hydrogen) atoms. The lowest BCUT2D eigenvalue weighted by Gasteiger charge is -2.12. The van der Waals surface area contributed by atoms with Crippen molar-refractivity contribution in [2.75, 3.05) is 6.54 Å². The molecule has 1 heterocycles. The molecule has 1 aliphatic rings. The summed E-state index contributed by atoms with van der Waals surface area (Å²) in [6.07, 6.45) is 3.12. The van der Waals surface area contributed by atoms with Crippen LogP contribution in [-0.2, 0) is 4.79 Å². The molecular weight excluding hydrogens is 220 g/mol. The fourth-order valence-electron chi connectivity index (χ4n) is 1.60. The summed E-state index contributed by atoms with van der Waals surface area (Å²) in [5.74, 6) is 0.133. The molecule has 0 aliphatic heterocycles. The van der Waals surface area contributed by atoms with Gasteiger partial charge >= 0.3 is 0 Å². The van der Waals surface area contributed by atoms with Crippen molar-refractivity contribution in [3.8, 4) is 0 Å². The van der Waals surface area contributed by atoms with Crippen molar-refractivity contribution in [2.24, 2.45) is 0 Å². The number of nitrogens with one attached hydrogen (secondary N) is 2. The zero-order valence-electron chi connectivity index (χ0n) is 9.53. The van der Waals surface area contributed by atoms with Crippen LogP contribution in [0.3, 0.4) is 0 Å². The van der Waals surface area contributed by atoms with E-state index in [1.165, 1.54) is 17.7 Å². The Morgan fingerprint density at radius 2 is 2.44 bits per heavy atom. The van der Waals surface area contributed by atoms with Crippen molar-refractivity contribution in [3.05, 3.63) is 22.4 Å². The van der Waals surface area contributed by atoms with E-state index >= 15 is 0 Å². The van der Waals surface area contributed by atoms with E-state index in [-0.39, 0.29) is 11.9 Å². The smallest absolute Gasteiger partial charge is 0.221 e. The maximum Gasteiger partial charge on any atom is 0.221 e. The van der Waals surface area contributed by atoms with Gasteiger partial charge in [0.25, 0.3) is 0 Å². The van der Waals surface area contributed by atoms with Crippen LogP contribution < -0.4 is 10.6 Å². The van der Waals surface area contributed by atoms with Crippen LogP contribution in [-0.4, -0.2) is 18.5 Å². The van der Waals surface area contributed by atoms with Crippen LogP contribution in [0, 0.1) is 0 Å². The Bertz CT molecular complexity index is 333. The van der Waals surface area contributed by atoms with Crippen LogP contribution in [0.1, 0.15) is 37.1 Å². The fourth-order valence-corrected chi connectivity index (χ4v) is 2.33. The molecule has 1 saturated carbocycles. The van der Waals surface area contributed by atoms with Gasteiger partial charge in [0, 0.05) is 23.9 Å². The first-order chi connectivity index (χ1) is 7.75. The van der Waals surface area contributed by atoms with E-state index < -0.39 is 0 Å². The largest absolute Gasteiger partial charge is 0.349 e. The fraction of sp³-hybridized carbons (Fsp3) is 0.583. The van der Waals surface area contributed by atoms with Gasteiger partial charge in [-0.15, -0.1) is 11.3 Å². The molecule has 1 aromatic rings. The zero-order chi connectivity index (χ0) is 11.4. The third-order valence-corrected chi connectivity index (χ3v) is 3.76. The molecule has 0 aromatic carbocycles. The lowest BCUT2D eigenvalue weighted by Crippen LogP contribution is -2.30. The quantitative estimate of drug-likeness (QED) is 0.796. The molecular formula is C12H18N2OS. The van der Waals surface area contributed by atoms with Gasteiger partial charge in [-0.2, -0.15) is 0 Å². The first kappa shape index (κ1) is 11.6. The van der Waals surface area contributed by atoms with Gasteiger partial charge < -0.3 is 10.6 Å². The molecule has 0 unspecified atom stereocenters. The Hall–Kier alpha value is -0.870. The van der Waals surface area contributed by atoms with E-state index in [4.69, 9.17) is 0 Å². The second-order valence-corrected chi connectivity index (χ2v) is 5.26. The average molecular weight is 238 g/mol. The standard InChI is InChI=1S/C12H18N2OS/c1-9(11-3-2-8-16-11)14-12(15)6-7-13-10-4-5-10/h2-3,8-10,13H,4-7H2,1H3,(H,14,15)/t9-/m0/s1. The molecule has 0 radical (unpaired) electrons. The molecule has 2 rings (SSSR count). The van der Waals surface area contributed by atoms with Crippen LogP contribution in [0.2, 0.25) is 0 Å². The molecule has 1 aromatic heterocycles. The number of rotatable bonds is 6. The predicted molar refractivity (Wildman–Crippen MR) is 66.5 cm³/mol. The normalized spacial score (nSPS) is 17.1. The Kier molecular flexibility index (Phi) is 3.96. The van der Waals surface area contributed by atoms with Gasteiger partial charge in [-0.25, -0.2) is 0 Å². The third kappa shape index (κ3) is 3.61. The summed E-state index contributed by atoms with van der Waals surface area (Å²) in [7, 11) is 0. The van der Waals surface area contributed by atoms with Gasteiger partial charge in [0.1, 0.15) is 0 Å². The van der Waals surface area contributed by atoms with Gasteiger partial charge in [0.2, 0.25) is 5.91 Å². The first-order valence-electron chi connectivity index (χ1n) is 5.82. The van der Waals surface area contributed by atoms with E-state index in [0.29, 0.717) is 12.5 Å². The predicted octanol–water partition coefficient (Wildman–Crippen LogP) is 2.07. The van der Waals surface area contributed by atoms with Crippen LogP contribution in [0.5, 0.6) is 0 Å². The molecule has 1 aliphatic carbocycles. The molecule has 2 N–H and O–H groups in total. The molecule has 1 atom stereocenters. The molecule has 3 nitrogen and oxygen atoms in total. The van der Waals surface area contributed by atoms with Crippen molar-refractivity contribution in [1.29, 1.82) is 0 Å². The van der Waals surface area contributed by atoms with Crippen LogP contribution in [0.15, 0.2) is 17.5 Å². The van der Waals surface area contributed by atoms with Crippen molar-refractivity contribution >= 4 is 17.2 Å². The van der Waals surface area contributed by atoms with E-state index in [9.17, 15) is 4.79 Å². The number of carbonyl (C=O) groups is 1. The maximum absolute atomic E-state index is 11.6. The summed E-state index contributed by atoms with van der Waals surface area (Å²) in [4.78, 5) is 12.8. The molecule has 0 spiro atoms. The molecule has 0 saturated heterocycles.